The smallest absolute Gasteiger partial charge is 0.179 e. The number of aromatic amines is 1. The fraction of sp³-hybridized carbons (Fsp3) is 0.167. The first-order valence-electron chi connectivity index (χ1n) is 7.12. The van der Waals surface area contributed by atoms with Crippen LogP contribution in [0.1, 0.15) is 34.3 Å². The van der Waals surface area contributed by atoms with Crippen molar-refractivity contribution in [3.8, 4) is 0 Å². The second-order valence-electron chi connectivity index (χ2n) is 5.37. The Hall–Kier alpha value is -2.75. The third-order valence-electron chi connectivity index (χ3n) is 3.88. The lowest BCUT2D eigenvalue weighted by molar-refractivity contribution is -0.117. The highest BCUT2D eigenvalue weighted by molar-refractivity contribution is 6.19. The van der Waals surface area contributed by atoms with Crippen molar-refractivity contribution in [2.75, 3.05) is 0 Å². The molecule has 0 fully saturated rings. The highest BCUT2D eigenvalue weighted by Crippen LogP contribution is 2.28. The van der Waals surface area contributed by atoms with E-state index < -0.39 is 5.92 Å². The van der Waals surface area contributed by atoms with Crippen LogP contribution in [0.2, 0.25) is 0 Å². The summed E-state index contributed by atoms with van der Waals surface area (Å²) in [5, 5.41) is 0.743. The zero-order chi connectivity index (χ0) is 15.7. The maximum absolute atomic E-state index is 12.9. The van der Waals surface area contributed by atoms with Crippen LogP contribution in [0.5, 0.6) is 0 Å². The van der Waals surface area contributed by atoms with Crippen LogP contribution in [0.4, 0.5) is 0 Å². The largest absolute Gasteiger partial charge is 0.345 e. The lowest BCUT2D eigenvalue weighted by Gasteiger charge is -2.15. The van der Waals surface area contributed by atoms with Gasteiger partial charge in [-0.15, -0.1) is 0 Å². The molecule has 1 atom stereocenters. The second kappa shape index (κ2) is 5.56. The van der Waals surface area contributed by atoms with E-state index in [1.807, 2.05) is 37.3 Å². The highest BCUT2D eigenvalue weighted by atomic mass is 16.1. The van der Waals surface area contributed by atoms with E-state index in [-0.39, 0.29) is 11.6 Å². The summed E-state index contributed by atoms with van der Waals surface area (Å²) in [5.74, 6) is -1.13. The van der Waals surface area contributed by atoms with Crippen molar-refractivity contribution in [2.45, 2.75) is 19.8 Å². The fourth-order valence-electron chi connectivity index (χ4n) is 2.77. The standard InChI is InChI=1S/C18H16N2O2/c1-11-6-3-4-7-13(11)16(12(2)21)17(22)15-10-20-18-14(15)8-5-9-19-18/h3-10,16H,1-2H3,(H,19,20). The molecule has 0 aliphatic heterocycles. The summed E-state index contributed by atoms with van der Waals surface area (Å²) in [4.78, 5) is 32.2. The first-order valence-corrected chi connectivity index (χ1v) is 7.12. The third-order valence-corrected chi connectivity index (χ3v) is 3.88. The van der Waals surface area contributed by atoms with Gasteiger partial charge in [-0.3, -0.25) is 9.59 Å². The van der Waals surface area contributed by atoms with Crippen LogP contribution in [0.3, 0.4) is 0 Å². The van der Waals surface area contributed by atoms with Gasteiger partial charge in [-0.2, -0.15) is 0 Å². The molecule has 3 aromatic rings. The van der Waals surface area contributed by atoms with Crippen LogP contribution in [0.25, 0.3) is 11.0 Å². The van der Waals surface area contributed by atoms with Crippen LogP contribution in [0, 0.1) is 6.92 Å². The number of Topliss-reactive ketones (excluding diaryl/α,β-unsaturated/α-hetero) is 2. The highest BCUT2D eigenvalue weighted by Gasteiger charge is 2.29. The Bertz CT molecular complexity index is 864. The number of aromatic nitrogens is 2. The number of aryl methyl sites for hydroxylation is 1. The van der Waals surface area contributed by atoms with Gasteiger partial charge in [0.15, 0.2) is 5.78 Å². The number of H-pyrrole nitrogens is 1. The number of fused-ring (bicyclic) bond motifs is 1. The number of nitrogens with zero attached hydrogens (tertiary/aromatic N) is 1. The number of hydrogen-bond donors (Lipinski definition) is 1. The Balaban J connectivity index is 2.12. The summed E-state index contributed by atoms with van der Waals surface area (Å²) >= 11 is 0. The monoisotopic (exact) mass is 292 g/mol. The maximum Gasteiger partial charge on any atom is 0.179 e. The van der Waals surface area contributed by atoms with Crippen LogP contribution in [0.15, 0.2) is 48.8 Å². The molecule has 3 rings (SSSR count). The second-order valence-corrected chi connectivity index (χ2v) is 5.37. The van der Waals surface area contributed by atoms with Crippen LogP contribution in [-0.2, 0) is 4.79 Å². The molecule has 0 amide bonds. The Morgan fingerprint density at radius 1 is 1.14 bits per heavy atom. The molecule has 1 unspecified atom stereocenters. The number of nitrogens with one attached hydrogen (secondary N) is 1. The van der Waals surface area contributed by atoms with Gasteiger partial charge in [0, 0.05) is 23.3 Å². The summed E-state index contributed by atoms with van der Waals surface area (Å²) in [5.41, 5.74) is 2.86. The molecular weight excluding hydrogens is 276 g/mol. The molecule has 4 nitrogen and oxygen atoms in total. The van der Waals surface area contributed by atoms with E-state index in [4.69, 9.17) is 0 Å². The predicted molar refractivity (Wildman–Crippen MR) is 85.0 cm³/mol. The van der Waals surface area contributed by atoms with Gasteiger partial charge in [0.25, 0.3) is 0 Å². The zero-order valence-corrected chi connectivity index (χ0v) is 12.5. The molecule has 2 aromatic heterocycles. The van der Waals surface area contributed by atoms with Gasteiger partial charge in [-0.05, 0) is 37.1 Å². The Morgan fingerprint density at radius 2 is 1.91 bits per heavy atom. The predicted octanol–water partition coefficient (Wildman–Crippen LogP) is 3.43. The number of hydrogen-bond acceptors (Lipinski definition) is 3. The molecule has 4 heteroatoms. The minimum atomic E-state index is -0.777. The molecule has 0 aliphatic rings. The first-order chi connectivity index (χ1) is 10.6. The molecule has 0 bridgehead atoms. The van der Waals surface area contributed by atoms with Crippen LogP contribution in [-0.4, -0.2) is 21.5 Å². The van der Waals surface area contributed by atoms with E-state index in [0.717, 1.165) is 16.5 Å². The molecule has 22 heavy (non-hydrogen) atoms. The normalized spacial score (nSPS) is 12.3. The van der Waals surface area contributed by atoms with Crippen molar-refractivity contribution >= 4 is 22.6 Å². The molecule has 0 aliphatic carbocycles. The average Bonchev–Trinajstić information content (AvgIpc) is 2.93. The molecule has 2 heterocycles. The number of rotatable bonds is 4. The number of carbonyl (C=O) groups excluding carboxylic acids is 2. The molecule has 110 valence electrons. The zero-order valence-electron chi connectivity index (χ0n) is 12.5. The maximum atomic E-state index is 12.9. The lowest BCUT2D eigenvalue weighted by atomic mass is 9.85. The van der Waals surface area contributed by atoms with Gasteiger partial charge in [-0.1, -0.05) is 24.3 Å². The molecule has 0 radical (unpaired) electrons. The third kappa shape index (κ3) is 2.33. The number of pyridine rings is 1. The van der Waals surface area contributed by atoms with Crippen molar-refractivity contribution < 1.29 is 9.59 Å². The van der Waals surface area contributed by atoms with Gasteiger partial charge in [0.05, 0.1) is 0 Å². The van der Waals surface area contributed by atoms with E-state index >= 15 is 0 Å². The van der Waals surface area contributed by atoms with Gasteiger partial charge in [0.2, 0.25) is 0 Å². The van der Waals surface area contributed by atoms with Crippen molar-refractivity contribution in [2.24, 2.45) is 0 Å². The van der Waals surface area contributed by atoms with Gasteiger partial charge in [0.1, 0.15) is 17.3 Å². The van der Waals surface area contributed by atoms with E-state index in [1.54, 1.807) is 18.5 Å². The first kappa shape index (κ1) is 14.2. The van der Waals surface area contributed by atoms with Gasteiger partial charge in [-0.25, -0.2) is 4.98 Å². The van der Waals surface area contributed by atoms with E-state index in [2.05, 4.69) is 9.97 Å². The van der Waals surface area contributed by atoms with Crippen molar-refractivity contribution in [3.63, 3.8) is 0 Å². The summed E-state index contributed by atoms with van der Waals surface area (Å²) in [7, 11) is 0. The summed E-state index contributed by atoms with van der Waals surface area (Å²) in [6, 6.07) is 11.1. The van der Waals surface area contributed by atoms with Crippen molar-refractivity contribution in [3.05, 3.63) is 65.5 Å². The van der Waals surface area contributed by atoms with Gasteiger partial charge < -0.3 is 4.98 Å². The SMILES string of the molecule is CC(=O)C(C(=O)c1c[nH]c2ncccc12)c1ccccc1C. The number of ketones is 2. The van der Waals surface area contributed by atoms with Crippen LogP contribution < -0.4 is 0 Å². The number of carbonyl (C=O) groups is 2. The summed E-state index contributed by atoms with van der Waals surface area (Å²) < 4.78 is 0. The van der Waals surface area contributed by atoms with E-state index in [1.165, 1.54) is 6.92 Å². The number of benzene rings is 1. The topological polar surface area (TPSA) is 62.8 Å². The van der Waals surface area contributed by atoms with E-state index in [9.17, 15) is 9.59 Å². The minimum absolute atomic E-state index is 0.155. The van der Waals surface area contributed by atoms with Crippen molar-refractivity contribution in [1.29, 1.82) is 0 Å². The van der Waals surface area contributed by atoms with Crippen LogP contribution >= 0.6 is 0 Å². The molecule has 1 N–H and O–H groups in total. The Morgan fingerprint density at radius 3 is 2.64 bits per heavy atom. The molecule has 0 saturated heterocycles. The van der Waals surface area contributed by atoms with Gasteiger partial charge >= 0.3 is 0 Å². The quantitative estimate of drug-likeness (QED) is 0.592. The molecule has 0 spiro atoms. The lowest BCUT2D eigenvalue weighted by Crippen LogP contribution is -2.20. The minimum Gasteiger partial charge on any atom is -0.345 e. The molecular formula is C18H16N2O2. The Labute approximate surface area is 128 Å². The Kier molecular flexibility index (Phi) is 3.59. The summed E-state index contributed by atoms with van der Waals surface area (Å²) in [6.07, 6.45) is 3.30. The van der Waals surface area contributed by atoms with Crippen molar-refractivity contribution in [1.82, 2.24) is 9.97 Å². The fourth-order valence-corrected chi connectivity index (χ4v) is 2.77. The van der Waals surface area contributed by atoms with E-state index in [0.29, 0.717) is 11.2 Å². The average molecular weight is 292 g/mol. The molecule has 0 saturated carbocycles. The summed E-state index contributed by atoms with van der Waals surface area (Å²) in [6.45, 7) is 3.37. The molecule has 1 aromatic carbocycles.